The van der Waals surface area contributed by atoms with Crippen molar-refractivity contribution in [3.63, 3.8) is 0 Å². The van der Waals surface area contributed by atoms with Crippen LogP contribution in [0.2, 0.25) is 0 Å². The fourth-order valence-corrected chi connectivity index (χ4v) is 5.72. The molecule has 1 aromatic rings. The van der Waals surface area contributed by atoms with E-state index in [1.165, 1.54) is 16.7 Å². The van der Waals surface area contributed by atoms with Gasteiger partial charge in [-0.1, -0.05) is 133 Å². The number of hydrogen-bond donors (Lipinski definition) is 0. The topological polar surface area (TPSA) is 0 Å². The molecule has 0 aliphatic heterocycles. The second kappa shape index (κ2) is 9.83. The molecule has 174 valence electrons. The number of allylic oxidation sites excluding steroid dienone is 21. The Kier molecular flexibility index (Phi) is 6.09. The Morgan fingerprint density at radius 1 is 0.556 bits per heavy atom. The van der Waals surface area contributed by atoms with Gasteiger partial charge in [-0.15, -0.1) is 11.3 Å². The van der Waals surface area contributed by atoms with Crippen LogP contribution in [-0.2, 0) is 5.41 Å². The highest BCUT2D eigenvalue weighted by atomic mass is 14.4. The maximum atomic E-state index is 4.08. The first-order valence-corrected chi connectivity index (χ1v) is 12.9. The summed E-state index contributed by atoms with van der Waals surface area (Å²) in [6.45, 7) is 0. The predicted molar refractivity (Wildman–Crippen MR) is 151 cm³/mol. The van der Waals surface area contributed by atoms with Crippen molar-refractivity contribution in [1.82, 2.24) is 0 Å². The molecule has 6 rings (SSSR count). The van der Waals surface area contributed by atoms with Gasteiger partial charge < -0.3 is 0 Å². The predicted octanol–water partition coefficient (Wildman–Crippen LogP) is 7.81. The smallest absolute Gasteiger partial charge is 0.0569 e. The maximum Gasteiger partial charge on any atom is 0.0569 e. The minimum absolute atomic E-state index is 0.122. The molecule has 0 N–H and O–H groups in total. The summed E-state index contributed by atoms with van der Waals surface area (Å²) in [5.41, 5.74) is 7.27. The summed E-state index contributed by atoms with van der Waals surface area (Å²) >= 11 is 0. The van der Waals surface area contributed by atoms with Crippen LogP contribution in [0.1, 0.15) is 5.56 Å². The third kappa shape index (κ3) is 4.09. The van der Waals surface area contributed by atoms with Gasteiger partial charge in [0.2, 0.25) is 0 Å². The SMILES string of the molecule is C(=C(C1C=CC=C1)C1C=CC=C1)=C(C1C=CC=C1)C(C#CC1C=CC=C1)([c-]1cccc1)C1C=CC=C1. The summed E-state index contributed by atoms with van der Waals surface area (Å²) < 4.78 is 0. The van der Waals surface area contributed by atoms with E-state index in [9.17, 15) is 0 Å². The van der Waals surface area contributed by atoms with Crippen molar-refractivity contribution in [2.45, 2.75) is 5.41 Å². The molecule has 0 amide bonds. The van der Waals surface area contributed by atoms with Gasteiger partial charge in [0.15, 0.2) is 0 Å². The first-order chi connectivity index (χ1) is 17.8. The van der Waals surface area contributed by atoms with Crippen LogP contribution in [-0.4, -0.2) is 0 Å². The highest BCUT2D eigenvalue weighted by molar-refractivity contribution is 5.56. The maximum absolute atomic E-state index is 4.08. The van der Waals surface area contributed by atoms with Crippen LogP contribution in [0.25, 0.3) is 0 Å². The average molecular weight is 462 g/mol. The molecular formula is C36H29-. The van der Waals surface area contributed by atoms with Crippen molar-refractivity contribution < 1.29 is 0 Å². The molecule has 0 fully saturated rings. The molecule has 5 aliphatic rings. The van der Waals surface area contributed by atoms with Gasteiger partial charge in [-0.3, -0.25) is 0 Å². The van der Waals surface area contributed by atoms with Gasteiger partial charge in [-0.2, -0.15) is 12.1 Å². The third-order valence-corrected chi connectivity index (χ3v) is 7.55. The van der Waals surface area contributed by atoms with Crippen molar-refractivity contribution in [3.8, 4) is 11.8 Å². The molecule has 5 aliphatic carbocycles. The lowest BCUT2D eigenvalue weighted by atomic mass is 9.63. The Morgan fingerprint density at radius 2 is 1.03 bits per heavy atom. The van der Waals surface area contributed by atoms with E-state index in [2.05, 4.69) is 163 Å². The zero-order chi connectivity index (χ0) is 24.2. The summed E-state index contributed by atoms with van der Waals surface area (Å²) in [5, 5.41) is 0. The Labute approximate surface area is 214 Å². The zero-order valence-corrected chi connectivity index (χ0v) is 20.2. The number of hydrogen-bond acceptors (Lipinski definition) is 0. The lowest BCUT2D eigenvalue weighted by Crippen LogP contribution is -2.36. The monoisotopic (exact) mass is 461 g/mol. The lowest BCUT2D eigenvalue weighted by Gasteiger charge is -2.40. The summed E-state index contributed by atoms with van der Waals surface area (Å²) in [4.78, 5) is 0. The van der Waals surface area contributed by atoms with Gasteiger partial charge in [0, 0.05) is 23.7 Å². The summed E-state index contributed by atoms with van der Waals surface area (Å²) in [6.07, 6.45) is 44.0. The van der Waals surface area contributed by atoms with Crippen LogP contribution < -0.4 is 0 Å². The van der Waals surface area contributed by atoms with E-state index < -0.39 is 5.41 Å². The van der Waals surface area contributed by atoms with Crippen LogP contribution in [0.3, 0.4) is 0 Å². The molecule has 0 saturated carbocycles. The Morgan fingerprint density at radius 3 is 1.58 bits per heavy atom. The van der Waals surface area contributed by atoms with E-state index >= 15 is 0 Å². The molecular weight excluding hydrogens is 432 g/mol. The zero-order valence-electron chi connectivity index (χ0n) is 20.2. The Bertz CT molecular complexity index is 1340. The summed E-state index contributed by atoms with van der Waals surface area (Å²) in [5.74, 6) is 8.36. The van der Waals surface area contributed by atoms with Gasteiger partial charge in [0.05, 0.1) is 11.3 Å². The minimum Gasteiger partial charge on any atom is -0.213 e. The molecule has 1 atom stereocenters. The van der Waals surface area contributed by atoms with Crippen LogP contribution in [0.15, 0.2) is 163 Å². The van der Waals surface area contributed by atoms with E-state index in [1.54, 1.807) is 0 Å². The van der Waals surface area contributed by atoms with Crippen LogP contribution in [0, 0.1) is 41.4 Å². The van der Waals surface area contributed by atoms with Crippen LogP contribution in [0.5, 0.6) is 0 Å². The fraction of sp³-hybridized carbons (Fsp3) is 0.167. The normalized spacial score (nSPS) is 21.8. The molecule has 0 heteroatoms. The molecule has 0 radical (unpaired) electrons. The van der Waals surface area contributed by atoms with Crippen molar-refractivity contribution in [1.29, 1.82) is 0 Å². The first kappa shape index (κ1) is 22.3. The van der Waals surface area contributed by atoms with Gasteiger partial charge in [0.25, 0.3) is 0 Å². The van der Waals surface area contributed by atoms with E-state index in [4.69, 9.17) is 0 Å². The largest absolute Gasteiger partial charge is 0.213 e. The fourth-order valence-electron chi connectivity index (χ4n) is 5.72. The molecule has 0 aromatic heterocycles. The minimum atomic E-state index is -0.537. The second-order valence-electron chi connectivity index (χ2n) is 9.72. The molecule has 0 spiro atoms. The number of rotatable bonds is 6. The standard InChI is InChI=1S/C36H29/c1-2-14-28(13-1)25-26-36(32-21-9-10-22-32,33-23-11-12-24-33)35(31-19-7-8-20-31)27-34(29-15-3-4-16-29)30-17-5-6-18-30/h1-24,28-32H/q-1. The third-order valence-electron chi connectivity index (χ3n) is 7.55. The van der Waals surface area contributed by atoms with Crippen molar-refractivity contribution >= 4 is 0 Å². The molecule has 1 aromatic carbocycles. The van der Waals surface area contributed by atoms with E-state index in [0.29, 0.717) is 0 Å². The van der Waals surface area contributed by atoms with E-state index in [1.807, 2.05) is 0 Å². The molecule has 0 nitrogen and oxygen atoms in total. The van der Waals surface area contributed by atoms with Gasteiger partial charge in [-0.05, 0) is 11.1 Å². The Balaban J connectivity index is 1.67. The van der Waals surface area contributed by atoms with Crippen LogP contribution in [0.4, 0.5) is 0 Å². The highest BCUT2D eigenvalue weighted by Crippen LogP contribution is 2.47. The molecule has 0 saturated heterocycles. The van der Waals surface area contributed by atoms with Gasteiger partial charge in [0.1, 0.15) is 0 Å². The second-order valence-corrected chi connectivity index (χ2v) is 9.72. The summed E-state index contributed by atoms with van der Waals surface area (Å²) in [6, 6.07) is 8.75. The molecule has 36 heavy (non-hydrogen) atoms. The van der Waals surface area contributed by atoms with Crippen molar-refractivity contribution in [2.24, 2.45) is 29.6 Å². The van der Waals surface area contributed by atoms with Crippen molar-refractivity contribution in [2.75, 3.05) is 0 Å². The van der Waals surface area contributed by atoms with Crippen LogP contribution >= 0.6 is 0 Å². The van der Waals surface area contributed by atoms with E-state index in [-0.39, 0.29) is 29.6 Å². The van der Waals surface area contributed by atoms with Gasteiger partial charge >= 0.3 is 0 Å². The lowest BCUT2D eigenvalue weighted by molar-refractivity contribution is 0.528. The first-order valence-electron chi connectivity index (χ1n) is 12.9. The van der Waals surface area contributed by atoms with Gasteiger partial charge in [-0.25, -0.2) is 12.1 Å². The van der Waals surface area contributed by atoms with Crippen molar-refractivity contribution in [3.05, 3.63) is 168 Å². The van der Waals surface area contributed by atoms with E-state index in [0.717, 1.165) is 0 Å². The molecule has 0 heterocycles. The quantitative estimate of drug-likeness (QED) is 0.230. The molecule has 0 bridgehead atoms. The highest BCUT2D eigenvalue weighted by Gasteiger charge is 2.41. The molecule has 1 unspecified atom stereocenters. The Hall–Kier alpha value is -4.17. The average Bonchev–Trinajstić information content (AvgIpc) is 3.78. The summed E-state index contributed by atoms with van der Waals surface area (Å²) in [7, 11) is 0.